The fourth-order valence-electron chi connectivity index (χ4n) is 2.05. The highest BCUT2D eigenvalue weighted by Gasteiger charge is 2.21. The summed E-state index contributed by atoms with van der Waals surface area (Å²) in [5.74, 6) is 3.46. The van der Waals surface area contributed by atoms with E-state index in [1.165, 1.54) is 43.9 Å². The molecule has 1 N–H and O–H groups in total. The molecule has 2 rings (SSSR count). The minimum absolute atomic E-state index is 0.726. The lowest BCUT2D eigenvalue weighted by atomic mass is 10.2. The fraction of sp³-hybridized carbons (Fsp3) is 1.00. The zero-order chi connectivity index (χ0) is 11.9. The Balaban J connectivity index is 1.43. The summed E-state index contributed by atoms with van der Waals surface area (Å²) >= 11 is 2.08. The third kappa shape index (κ3) is 6.09. The van der Waals surface area contributed by atoms with Gasteiger partial charge in [-0.2, -0.15) is 11.8 Å². The number of ether oxygens (including phenoxy) is 1. The quantitative estimate of drug-likeness (QED) is 0.666. The van der Waals surface area contributed by atoms with Crippen LogP contribution in [0, 0.1) is 5.92 Å². The Morgan fingerprint density at radius 1 is 1.35 bits per heavy atom. The van der Waals surface area contributed by atoms with Crippen molar-refractivity contribution < 1.29 is 4.74 Å². The maximum Gasteiger partial charge on any atom is 0.0593 e. The van der Waals surface area contributed by atoms with Gasteiger partial charge in [-0.1, -0.05) is 0 Å². The fourth-order valence-corrected chi connectivity index (χ4v) is 3.05. The van der Waals surface area contributed by atoms with Crippen molar-refractivity contribution in [1.29, 1.82) is 0 Å². The standard InChI is InChI=1S/C13H26N2OS/c1-15(7-8-16-10-12-2-3-12)6-4-13-11-17-9-5-14-13/h12-14H,2-11H2,1H3. The number of nitrogens with one attached hydrogen (secondary N) is 1. The van der Waals surface area contributed by atoms with Crippen LogP contribution in [0.5, 0.6) is 0 Å². The summed E-state index contributed by atoms with van der Waals surface area (Å²) in [7, 11) is 2.20. The molecule has 0 bridgehead atoms. The van der Waals surface area contributed by atoms with Crippen molar-refractivity contribution in [3.05, 3.63) is 0 Å². The summed E-state index contributed by atoms with van der Waals surface area (Å²) in [5, 5.41) is 3.59. The molecule has 2 fully saturated rings. The van der Waals surface area contributed by atoms with E-state index >= 15 is 0 Å². The van der Waals surface area contributed by atoms with Gasteiger partial charge >= 0.3 is 0 Å². The topological polar surface area (TPSA) is 24.5 Å². The van der Waals surface area contributed by atoms with E-state index in [1.54, 1.807) is 0 Å². The highest BCUT2D eigenvalue weighted by Crippen LogP contribution is 2.28. The van der Waals surface area contributed by atoms with E-state index in [2.05, 4.69) is 29.0 Å². The van der Waals surface area contributed by atoms with E-state index in [4.69, 9.17) is 4.74 Å². The Morgan fingerprint density at radius 3 is 2.94 bits per heavy atom. The SMILES string of the molecule is CN(CCOCC1CC1)CCC1CSCCN1. The third-order valence-electron chi connectivity index (χ3n) is 3.53. The second kappa shape index (κ2) is 7.62. The first-order valence-electron chi connectivity index (χ1n) is 6.92. The van der Waals surface area contributed by atoms with Gasteiger partial charge in [-0.25, -0.2) is 0 Å². The number of hydrogen-bond acceptors (Lipinski definition) is 4. The highest BCUT2D eigenvalue weighted by atomic mass is 32.2. The minimum atomic E-state index is 0.726. The molecule has 0 aromatic heterocycles. The molecule has 1 saturated carbocycles. The van der Waals surface area contributed by atoms with Gasteiger partial charge in [0.05, 0.1) is 6.61 Å². The third-order valence-corrected chi connectivity index (χ3v) is 4.66. The van der Waals surface area contributed by atoms with Crippen molar-refractivity contribution in [2.45, 2.75) is 25.3 Å². The van der Waals surface area contributed by atoms with Crippen molar-refractivity contribution in [3.8, 4) is 0 Å². The molecule has 0 radical (unpaired) electrons. The number of likely N-dealkylation sites (N-methyl/N-ethyl adjacent to an activating group) is 1. The summed E-state index contributed by atoms with van der Waals surface area (Å²) in [5.41, 5.74) is 0. The lowest BCUT2D eigenvalue weighted by Gasteiger charge is -2.25. The van der Waals surface area contributed by atoms with E-state index in [-0.39, 0.29) is 0 Å². The summed E-state index contributed by atoms with van der Waals surface area (Å²) in [4.78, 5) is 2.40. The molecule has 0 aromatic rings. The van der Waals surface area contributed by atoms with Gasteiger partial charge in [-0.15, -0.1) is 0 Å². The van der Waals surface area contributed by atoms with E-state index in [0.29, 0.717) is 0 Å². The lowest BCUT2D eigenvalue weighted by Crippen LogP contribution is -2.40. The van der Waals surface area contributed by atoms with Crippen molar-refractivity contribution in [2.75, 3.05) is 51.4 Å². The van der Waals surface area contributed by atoms with E-state index < -0.39 is 0 Å². The van der Waals surface area contributed by atoms with Gasteiger partial charge in [0.25, 0.3) is 0 Å². The van der Waals surface area contributed by atoms with Crippen LogP contribution in [0.25, 0.3) is 0 Å². The van der Waals surface area contributed by atoms with Crippen LogP contribution in [0.1, 0.15) is 19.3 Å². The molecule has 1 unspecified atom stereocenters. The average molecular weight is 258 g/mol. The minimum Gasteiger partial charge on any atom is -0.380 e. The monoisotopic (exact) mass is 258 g/mol. The molecule has 3 nitrogen and oxygen atoms in total. The van der Waals surface area contributed by atoms with Crippen LogP contribution in [0.15, 0.2) is 0 Å². The summed E-state index contributed by atoms with van der Waals surface area (Å²) < 4.78 is 5.66. The molecule has 0 aromatic carbocycles. The number of hydrogen-bond donors (Lipinski definition) is 1. The van der Waals surface area contributed by atoms with Crippen LogP contribution < -0.4 is 5.32 Å². The number of thioether (sulfide) groups is 1. The second-order valence-electron chi connectivity index (χ2n) is 5.34. The van der Waals surface area contributed by atoms with Gasteiger partial charge < -0.3 is 15.0 Å². The summed E-state index contributed by atoms with van der Waals surface area (Å²) in [6, 6.07) is 0.726. The number of rotatable bonds is 8. The molecule has 0 amide bonds. The Hall–Kier alpha value is 0.230. The van der Waals surface area contributed by atoms with Gasteiger partial charge in [0.15, 0.2) is 0 Å². The zero-order valence-electron chi connectivity index (χ0n) is 11.0. The molecule has 4 heteroatoms. The molecule has 17 heavy (non-hydrogen) atoms. The summed E-state index contributed by atoms with van der Waals surface area (Å²) in [6.45, 7) is 5.34. The molecule has 1 heterocycles. The average Bonchev–Trinajstić information content (AvgIpc) is 3.17. The molecule has 1 aliphatic heterocycles. The first-order chi connectivity index (χ1) is 8.34. The summed E-state index contributed by atoms with van der Waals surface area (Å²) in [6.07, 6.45) is 4.05. The van der Waals surface area contributed by atoms with E-state index in [1.807, 2.05) is 0 Å². The zero-order valence-corrected chi connectivity index (χ0v) is 11.8. The molecule has 1 atom stereocenters. The van der Waals surface area contributed by atoms with Crippen LogP contribution in [0.2, 0.25) is 0 Å². The van der Waals surface area contributed by atoms with Crippen LogP contribution in [-0.2, 0) is 4.74 Å². The van der Waals surface area contributed by atoms with Crippen LogP contribution in [-0.4, -0.2) is 62.3 Å². The maximum atomic E-state index is 5.66. The molecule has 2 aliphatic rings. The molecule has 1 saturated heterocycles. The predicted molar refractivity (Wildman–Crippen MR) is 74.8 cm³/mol. The lowest BCUT2D eigenvalue weighted by molar-refractivity contribution is 0.102. The van der Waals surface area contributed by atoms with E-state index in [0.717, 1.165) is 31.7 Å². The molecular formula is C13H26N2OS. The Bertz CT molecular complexity index is 206. The number of nitrogens with zero attached hydrogens (tertiary/aromatic N) is 1. The Kier molecular flexibility index (Phi) is 6.12. The van der Waals surface area contributed by atoms with Crippen LogP contribution in [0.3, 0.4) is 0 Å². The van der Waals surface area contributed by atoms with Crippen LogP contribution >= 0.6 is 11.8 Å². The van der Waals surface area contributed by atoms with Gasteiger partial charge in [-0.3, -0.25) is 0 Å². The molecular weight excluding hydrogens is 232 g/mol. The van der Waals surface area contributed by atoms with E-state index in [9.17, 15) is 0 Å². The normalized spacial score (nSPS) is 25.4. The molecule has 0 spiro atoms. The maximum absolute atomic E-state index is 5.66. The van der Waals surface area contributed by atoms with Crippen LogP contribution in [0.4, 0.5) is 0 Å². The largest absolute Gasteiger partial charge is 0.380 e. The van der Waals surface area contributed by atoms with Gasteiger partial charge in [0, 0.05) is 37.2 Å². The highest BCUT2D eigenvalue weighted by molar-refractivity contribution is 7.99. The first kappa shape index (κ1) is 13.7. The molecule has 1 aliphatic carbocycles. The smallest absolute Gasteiger partial charge is 0.0593 e. The van der Waals surface area contributed by atoms with Crippen molar-refractivity contribution in [3.63, 3.8) is 0 Å². The van der Waals surface area contributed by atoms with Crippen molar-refractivity contribution in [1.82, 2.24) is 10.2 Å². The first-order valence-corrected chi connectivity index (χ1v) is 8.07. The Labute approximate surface area is 110 Å². The second-order valence-corrected chi connectivity index (χ2v) is 6.49. The van der Waals surface area contributed by atoms with Crippen molar-refractivity contribution in [2.24, 2.45) is 5.92 Å². The Morgan fingerprint density at radius 2 is 2.24 bits per heavy atom. The van der Waals surface area contributed by atoms with Gasteiger partial charge in [0.2, 0.25) is 0 Å². The van der Waals surface area contributed by atoms with Gasteiger partial charge in [0.1, 0.15) is 0 Å². The van der Waals surface area contributed by atoms with Crippen molar-refractivity contribution >= 4 is 11.8 Å². The van der Waals surface area contributed by atoms with Gasteiger partial charge in [-0.05, 0) is 38.8 Å². The predicted octanol–water partition coefficient (Wildman–Crippen LogP) is 1.44. The molecule has 100 valence electrons.